The first-order valence-electron chi connectivity index (χ1n) is 4.93. The quantitative estimate of drug-likeness (QED) is 0.839. The molecule has 0 aliphatic rings. The van der Waals surface area contributed by atoms with Crippen molar-refractivity contribution in [1.82, 2.24) is 0 Å². The Morgan fingerprint density at radius 1 is 0.647 bits per heavy atom. The molecule has 2 N–H and O–H groups in total. The van der Waals surface area contributed by atoms with Gasteiger partial charge in [-0.1, -0.05) is 60.7 Å². The van der Waals surface area contributed by atoms with Crippen molar-refractivity contribution in [3.05, 3.63) is 60.7 Å². The van der Waals surface area contributed by atoms with Gasteiger partial charge in [-0.15, -0.1) is 0 Å². The summed E-state index contributed by atoms with van der Waals surface area (Å²) in [5.41, 5.74) is 2.55. The minimum atomic E-state index is -0.580. The second-order valence-electron chi connectivity index (χ2n) is 3.02. The van der Waals surface area contributed by atoms with E-state index in [-0.39, 0.29) is 0 Å². The third-order valence-electron chi connectivity index (χ3n) is 1.97. The zero-order valence-corrected chi connectivity index (χ0v) is 11.1. The van der Waals surface area contributed by atoms with Gasteiger partial charge in [-0.2, -0.15) is 0 Å². The zero-order chi connectivity index (χ0) is 12.3. The molecule has 0 saturated carbocycles. The van der Waals surface area contributed by atoms with Crippen molar-refractivity contribution in [2.75, 3.05) is 0 Å². The summed E-state index contributed by atoms with van der Waals surface area (Å²) in [6.45, 7) is 0. The fraction of sp³-hybridized carbons (Fsp3) is 0. The molecular weight excluding hydrogens is 254 g/mol. The zero-order valence-electron chi connectivity index (χ0n) is 9.08. The molecule has 0 bridgehead atoms. The van der Waals surface area contributed by atoms with Crippen LogP contribution in [0, 0.1) is 0 Å². The molecule has 5 heteroatoms. The summed E-state index contributed by atoms with van der Waals surface area (Å²) in [5, 5.41) is 0. The molecule has 0 spiro atoms. The van der Waals surface area contributed by atoms with Crippen LogP contribution in [0.15, 0.2) is 60.7 Å². The lowest BCUT2D eigenvalue weighted by atomic mass is 10.1. The van der Waals surface area contributed by atoms with Crippen molar-refractivity contribution in [1.29, 1.82) is 0 Å². The van der Waals surface area contributed by atoms with Crippen molar-refractivity contribution in [3.63, 3.8) is 0 Å². The van der Waals surface area contributed by atoms with Gasteiger partial charge in [0.15, 0.2) is 18.1 Å². The van der Waals surface area contributed by atoms with Crippen molar-refractivity contribution in [3.8, 4) is 11.1 Å². The minimum absolute atomic E-state index is 0.580. The Labute approximate surface area is 104 Å². The van der Waals surface area contributed by atoms with E-state index in [1.807, 2.05) is 12.1 Å². The van der Waals surface area contributed by atoms with Crippen molar-refractivity contribution in [2.24, 2.45) is 0 Å². The summed E-state index contributed by atoms with van der Waals surface area (Å²) in [5.74, 6) is 0. The van der Waals surface area contributed by atoms with Crippen LogP contribution in [0.1, 0.15) is 0 Å². The smallest absolute Gasteiger partial charge is 0.158 e. The lowest BCUT2D eigenvalue weighted by molar-refractivity contribution is 0.496. The lowest BCUT2D eigenvalue weighted by Gasteiger charge is -1.98. The molecule has 90 valence electrons. The van der Waals surface area contributed by atoms with Crippen molar-refractivity contribution < 1.29 is 14.1 Å². The van der Waals surface area contributed by atoms with E-state index < -0.39 is 18.1 Å². The van der Waals surface area contributed by atoms with E-state index in [1.165, 1.54) is 11.1 Å². The fourth-order valence-corrected chi connectivity index (χ4v) is 1.44. The van der Waals surface area contributed by atoms with Gasteiger partial charge >= 0.3 is 0 Å². The maximum Gasteiger partial charge on any atom is 0.158 e. The van der Waals surface area contributed by atoms with Gasteiger partial charge in [0, 0.05) is 0 Å². The maximum atomic E-state index is 7.72. The molecule has 2 atom stereocenters. The van der Waals surface area contributed by atoms with Crippen LogP contribution in [0.4, 0.5) is 0 Å². The van der Waals surface area contributed by atoms with Crippen molar-refractivity contribution >= 4 is 18.1 Å². The molecule has 3 nitrogen and oxygen atoms in total. The molecule has 2 aromatic carbocycles. The largest absolute Gasteiger partial charge is 0.352 e. The minimum Gasteiger partial charge on any atom is -0.352 e. The lowest BCUT2D eigenvalue weighted by Crippen LogP contribution is -1.73. The molecule has 2 rings (SSSR count). The molecule has 0 amide bonds. The summed E-state index contributed by atoms with van der Waals surface area (Å²) in [7, 11) is -1.16. The van der Waals surface area contributed by atoms with E-state index in [4.69, 9.17) is 9.79 Å². The third-order valence-corrected chi connectivity index (χ3v) is 2.70. The number of hydrogen-bond acceptors (Lipinski definition) is 3. The van der Waals surface area contributed by atoms with Crippen LogP contribution in [0.25, 0.3) is 11.1 Å². The van der Waals surface area contributed by atoms with Crippen LogP contribution in [0.5, 0.6) is 0 Å². The van der Waals surface area contributed by atoms with Crippen LogP contribution in [-0.4, -0.2) is 9.79 Å². The van der Waals surface area contributed by atoms with E-state index in [1.54, 1.807) is 0 Å². The van der Waals surface area contributed by atoms with Gasteiger partial charge in [0.05, 0.1) is 0 Å². The van der Waals surface area contributed by atoms with Gasteiger partial charge in [-0.3, -0.25) is 4.31 Å². The Kier molecular flexibility index (Phi) is 7.74. The first kappa shape index (κ1) is 14.2. The van der Waals surface area contributed by atoms with Crippen LogP contribution < -0.4 is 0 Å². The second-order valence-corrected chi connectivity index (χ2v) is 4.20. The molecule has 0 aliphatic heterocycles. The van der Waals surface area contributed by atoms with E-state index in [0.29, 0.717) is 0 Å². The van der Waals surface area contributed by atoms with Gasteiger partial charge in [0.1, 0.15) is 0 Å². The van der Waals surface area contributed by atoms with Crippen molar-refractivity contribution in [2.45, 2.75) is 0 Å². The second kappa shape index (κ2) is 9.23. The predicted molar refractivity (Wildman–Crippen MR) is 74.0 cm³/mol. The van der Waals surface area contributed by atoms with Gasteiger partial charge in [-0.25, -0.2) is 0 Å². The van der Waals surface area contributed by atoms with Crippen LogP contribution in [-0.2, 0) is 4.31 Å². The standard InChI is InChI=1S/C12H10.H4O3P2/c1-3-7-11(8-4-1)12-9-5-2-6-10-12;1-4-3-5-2/h1-10H;1-2,4-5H. The maximum absolute atomic E-state index is 7.72. The summed E-state index contributed by atoms with van der Waals surface area (Å²) >= 11 is 0. The summed E-state index contributed by atoms with van der Waals surface area (Å²) in [6, 6.07) is 20.8. The average molecular weight is 268 g/mol. The SMILES string of the molecule is OPOPO.c1ccc(-c2ccccc2)cc1. The Morgan fingerprint density at radius 2 is 1.00 bits per heavy atom. The molecule has 0 saturated heterocycles. The van der Waals surface area contributed by atoms with Gasteiger partial charge in [-0.05, 0) is 11.1 Å². The van der Waals surface area contributed by atoms with Gasteiger partial charge < -0.3 is 9.79 Å². The molecule has 17 heavy (non-hydrogen) atoms. The molecule has 2 unspecified atom stereocenters. The highest BCUT2D eigenvalue weighted by molar-refractivity contribution is 7.39. The van der Waals surface area contributed by atoms with Crippen LogP contribution >= 0.6 is 18.1 Å². The summed E-state index contributed by atoms with van der Waals surface area (Å²) in [4.78, 5) is 15.4. The molecular formula is C12H14O3P2. The fourth-order valence-electron chi connectivity index (χ4n) is 1.28. The highest BCUT2D eigenvalue weighted by atomic mass is 31.2. The monoisotopic (exact) mass is 268 g/mol. The van der Waals surface area contributed by atoms with Gasteiger partial charge in [0.2, 0.25) is 0 Å². The predicted octanol–water partition coefficient (Wildman–Crippen LogP) is 3.36. The van der Waals surface area contributed by atoms with Gasteiger partial charge in [0.25, 0.3) is 0 Å². The highest BCUT2D eigenvalue weighted by Gasteiger charge is 1.91. The Bertz CT molecular complexity index is 356. The molecule has 0 fully saturated rings. The van der Waals surface area contributed by atoms with Crippen LogP contribution in [0.3, 0.4) is 0 Å². The van der Waals surface area contributed by atoms with E-state index in [2.05, 4.69) is 52.8 Å². The topological polar surface area (TPSA) is 49.7 Å². The van der Waals surface area contributed by atoms with Crippen LogP contribution in [0.2, 0.25) is 0 Å². The Hall–Kier alpha value is -0.820. The number of hydrogen-bond donors (Lipinski definition) is 2. The Morgan fingerprint density at radius 3 is 1.24 bits per heavy atom. The third kappa shape index (κ3) is 5.88. The molecule has 0 radical (unpaired) electrons. The molecule has 0 heterocycles. The number of benzene rings is 2. The average Bonchev–Trinajstić information content (AvgIpc) is 2.42. The van der Waals surface area contributed by atoms with E-state index in [0.717, 1.165) is 0 Å². The molecule has 2 aromatic rings. The first-order chi connectivity index (χ1) is 8.38. The molecule has 0 aliphatic carbocycles. The first-order valence-corrected chi connectivity index (χ1v) is 6.64. The summed E-state index contributed by atoms with van der Waals surface area (Å²) < 4.78 is 4.00. The summed E-state index contributed by atoms with van der Waals surface area (Å²) in [6.07, 6.45) is 0. The normalized spacial score (nSPS) is 10.7. The molecule has 0 aromatic heterocycles. The number of rotatable bonds is 3. The van der Waals surface area contributed by atoms with E-state index >= 15 is 0 Å². The van der Waals surface area contributed by atoms with E-state index in [9.17, 15) is 0 Å². The highest BCUT2D eigenvalue weighted by Crippen LogP contribution is 2.17. The Balaban J connectivity index is 0.000000249.